The highest BCUT2D eigenvalue weighted by Crippen LogP contribution is 2.30. The quantitative estimate of drug-likeness (QED) is 0.876. The van der Waals surface area contributed by atoms with E-state index < -0.39 is 17.7 Å². The Morgan fingerprint density at radius 1 is 1.10 bits per heavy atom. The van der Waals surface area contributed by atoms with Crippen LogP contribution in [0.3, 0.4) is 0 Å². The number of benzene rings is 2. The lowest BCUT2D eigenvalue weighted by Crippen LogP contribution is -2.21. The highest BCUT2D eigenvalue weighted by molar-refractivity contribution is 6.30. The van der Waals surface area contributed by atoms with Crippen LogP contribution in [-0.4, -0.2) is 7.05 Å². The molecule has 0 aliphatic carbocycles. The number of hydrogen-bond acceptors (Lipinski definition) is 1. The van der Waals surface area contributed by atoms with Gasteiger partial charge >= 0.3 is 0 Å². The maximum absolute atomic E-state index is 14.3. The van der Waals surface area contributed by atoms with Crippen molar-refractivity contribution < 1.29 is 8.78 Å². The molecule has 1 N–H and O–H groups in total. The molecular weight excluding hydrogens is 280 g/mol. The summed E-state index contributed by atoms with van der Waals surface area (Å²) in [5.74, 6) is -1.09. The monoisotopic (exact) mass is 295 g/mol. The van der Waals surface area contributed by atoms with E-state index in [0.717, 1.165) is 11.1 Å². The summed E-state index contributed by atoms with van der Waals surface area (Å²) >= 11 is 6.03. The van der Waals surface area contributed by atoms with E-state index in [-0.39, 0.29) is 5.56 Å². The highest BCUT2D eigenvalue weighted by Gasteiger charge is 2.22. The Labute approximate surface area is 122 Å². The average Bonchev–Trinajstić information content (AvgIpc) is 2.38. The number of nitrogens with one attached hydrogen (secondary N) is 1. The molecule has 0 bridgehead atoms. The van der Waals surface area contributed by atoms with Crippen LogP contribution in [0.4, 0.5) is 8.78 Å². The molecule has 0 aromatic heterocycles. The van der Waals surface area contributed by atoms with Gasteiger partial charge in [0.2, 0.25) is 0 Å². The molecule has 2 aromatic carbocycles. The first-order valence-electron chi connectivity index (χ1n) is 6.33. The summed E-state index contributed by atoms with van der Waals surface area (Å²) in [6.07, 6.45) is 0. The summed E-state index contributed by atoms with van der Waals surface area (Å²) in [6.45, 7) is 3.51. The molecule has 2 rings (SSSR count). The van der Waals surface area contributed by atoms with E-state index in [1.54, 1.807) is 26.1 Å². The molecular formula is C16H16ClF2N. The molecule has 0 aliphatic rings. The number of aryl methyl sites for hydroxylation is 2. The van der Waals surface area contributed by atoms with E-state index in [4.69, 9.17) is 11.6 Å². The Balaban J connectivity index is 2.61. The fraction of sp³-hybridized carbons (Fsp3) is 0.250. The van der Waals surface area contributed by atoms with Gasteiger partial charge in [0.05, 0.1) is 6.04 Å². The lowest BCUT2D eigenvalue weighted by atomic mass is 9.95. The van der Waals surface area contributed by atoms with Crippen molar-refractivity contribution in [2.75, 3.05) is 7.05 Å². The second kappa shape index (κ2) is 5.90. The first-order chi connectivity index (χ1) is 9.43. The van der Waals surface area contributed by atoms with E-state index in [1.165, 1.54) is 12.1 Å². The fourth-order valence-corrected chi connectivity index (χ4v) is 2.65. The van der Waals surface area contributed by atoms with Crippen molar-refractivity contribution >= 4 is 11.6 Å². The van der Waals surface area contributed by atoms with Gasteiger partial charge in [0, 0.05) is 10.6 Å². The van der Waals surface area contributed by atoms with Gasteiger partial charge in [0.15, 0.2) is 0 Å². The van der Waals surface area contributed by atoms with Crippen molar-refractivity contribution in [3.63, 3.8) is 0 Å². The summed E-state index contributed by atoms with van der Waals surface area (Å²) in [7, 11) is 1.67. The van der Waals surface area contributed by atoms with E-state index in [1.807, 2.05) is 13.0 Å². The molecule has 1 atom stereocenters. The Morgan fingerprint density at radius 2 is 1.80 bits per heavy atom. The van der Waals surface area contributed by atoms with Gasteiger partial charge in [-0.25, -0.2) is 8.78 Å². The van der Waals surface area contributed by atoms with Crippen LogP contribution >= 0.6 is 11.6 Å². The summed E-state index contributed by atoms with van der Waals surface area (Å²) in [4.78, 5) is 0. The smallest absolute Gasteiger partial charge is 0.134 e. The maximum atomic E-state index is 14.3. The minimum atomic E-state index is -0.577. The minimum Gasteiger partial charge on any atom is -0.309 e. The van der Waals surface area contributed by atoms with Crippen molar-refractivity contribution in [1.29, 1.82) is 0 Å². The predicted octanol–water partition coefficient (Wildman–Crippen LogP) is 4.54. The van der Waals surface area contributed by atoms with Crippen LogP contribution in [0.5, 0.6) is 0 Å². The van der Waals surface area contributed by atoms with Crippen LogP contribution in [0.2, 0.25) is 5.02 Å². The third-order valence-electron chi connectivity index (χ3n) is 3.29. The van der Waals surface area contributed by atoms with Gasteiger partial charge in [-0.3, -0.25) is 0 Å². The maximum Gasteiger partial charge on any atom is 0.134 e. The zero-order valence-electron chi connectivity index (χ0n) is 11.6. The van der Waals surface area contributed by atoms with Crippen molar-refractivity contribution in [3.05, 3.63) is 69.2 Å². The first kappa shape index (κ1) is 14.9. The molecule has 4 heteroatoms. The van der Waals surface area contributed by atoms with Gasteiger partial charge in [-0.15, -0.1) is 0 Å². The van der Waals surface area contributed by atoms with Crippen LogP contribution in [0.1, 0.15) is 28.3 Å². The van der Waals surface area contributed by atoms with Crippen LogP contribution in [0.25, 0.3) is 0 Å². The summed E-state index contributed by atoms with van der Waals surface area (Å²) in [5.41, 5.74) is 2.12. The Morgan fingerprint density at radius 3 is 2.40 bits per heavy atom. The molecule has 0 aliphatic heterocycles. The molecule has 0 amide bonds. The summed E-state index contributed by atoms with van der Waals surface area (Å²) < 4.78 is 28.3. The van der Waals surface area contributed by atoms with E-state index >= 15 is 0 Å². The van der Waals surface area contributed by atoms with Crippen LogP contribution in [0, 0.1) is 25.5 Å². The molecule has 106 valence electrons. The van der Waals surface area contributed by atoms with Crippen LogP contribution in [0.15, 0.2) is 30.3 Å². The second-order valence-electron chi connectivity index (χ2n) is 4.88. The van der Waals surface area contributed by atoms with Gasteiger partial charge in [-0.05, 0) is 55.8 Å². The molecule has 0 saturated heterocycles. The third-order valence-corrected chi connectivity index (χ3v) is 3.51. The van der Waals surface area contributed by atoms with Gasteiger partial charge in [-0.1, -0.05) is 23.7 Å². The molecule has 0 spiro atoms. The number of rotatable bonds is 3. The predicted molar refractivity (Wildman–Crippen MR) is 78.2 cm³/mol. The zero-order chi connectivity index (χ0) is 14.9. The van der Waals surface area contributed by atoms with Gasteiger partial charge < -0.3 is 5.32 Å². The molecule has 1 unspecified atom stereocenters. The third kappa shape index (κ3) is 2.84. The average molecular weight is 296 g/mol. The Bertz CT molecular complexity index is 620. The molecule has 0 saturated carbocycles. The standard InChI is InChI=1S/C16H16ClF2N/c1-9-6-11(8-12(17)7-9)16(20-3)14-13(18)5-4-10(2)15(14)19/h4-8,16,20H,1-3H3. The van der Waals surface area contributed by atoms with E-state index in [9.17, 15) is 8.78 Å². The normalized spacial score (nSPS) is 12.5. The fourth-order valence-electron chi connectivity index (χ4n) is 2.35. The van der Waals surface area contributed by atoms with Crippen molar-refractivity contribution in [2.24, 2.45) is 0 Å². The zero-order valence-corrected chi connectivity index (χ0v) is 12.4. The Kier molecular flexibility index (Phi) is 4.41. The molecule has 0 fully saturated rings. The van der Waals surface area contributed by atoms with Gasteiger partial charge in [-0.2, -0.15) is 0 Å². The molecule has 2 aromatic rings. The van der Waals surface area contributed by atoms with Crippen molar-refractivity contribution in [3.8, 4) is 0 Å². The second-order valence-corrected chi connectivity index (χ2v) is 5.31. The highest BCUT2D eigenvalue weighted by atomic mass is 35.5. The van der Waals surface area contributed by atoms with E-state index in [2.05, 4.69) is 5.32 Å². The molecule has 20 heavy (non-hydrogen) atoms. The molecule has 0 heterocycles. The lowest BCUT2D eigenvalue weighted by Gasteiger charge is -2.20. The number of halogens is 3. The summed E-state index contributed by atoms with van der Waals surface area (Å²) in [5, 5.41) is 3.51. The molecule has 0 radical (unpaired) electrons. The minimum absolute atomic E-state index is 0.0224. The van der Waals surface area contributed by atoms with Crippen LogP contribution < -0.4 is 5.32 Å². The van der Waals surface area contributed by atoms with Crippen molar-refractivity contribution in [2.45, 2.75) is 19.9 Å². The summed E-state index contributed by atoms with van der Waals surface area (Å²) in [6, 6.07) is 7.54. The first-order valence-corrected chi connectivity index (χ1v) is 6.70. The topological polar surface area (TPSA) is 12.0 Å². The number of hydrogen-bond donors (Lipinski definition) is 1. The van der Waals surface area contributed by atoms with Gasteiger partial charge in [0.1, 0.15) is 11.6 Å². The van der Waals surface area contributed by atoms with Gasteiger partial charge in [0.25, 0.3) is 0 Å². The lowest BCUT2D eigenvalue weighted by molar-refractivity contribution is 0.517. The van der Waals surface area contributed by atoms with E-state index in [0.29, 0.717) is 10.6 Å². The largest absolute Gasteiger partial charge is 0.309 e. The van der Waals surface area contributed by atoms with Crippen LogP contribution in [-0.2, 0) is 0 Å². The SMILES string of the molecule is CNC(c1cc(C)cc(Cl)c1)c1c(F)ccc(C)c1F. The Hall–Kier alpha value is -1.45. The van der Waals surface area contributed by atoms with Crippen molar-refractivity contribution in [1.82, 2.24) is 5.32 Å². The molecule has 1 nitrogen and oxygen atoms in total.